The molecule has 0 saturated carbocycles. The van der Waals surface area contributed by atoms with E-state index in [1.54, 1.807) is 44.4 Å². The molecular weight excluding hydrogens is 554 g/mol. The van der Waals surface area contributed by atoms with E-state index in [1.165, 1.54) is 11.0 Å². The van der Waals surface area contributed by atoms with Gasteiger partial charge in [0.05, 0.1) is 17.9 Å². The van der Waals surface area contributed by atoms with Gasteiger partial charge in [-0.15, -0.1) is 0 Å². The quantitative estimate of drug-likeness (QED) is 0.277. The van der Waals surface area contributed by atoms with Gasteiger partial charge < -0.3 is 26.2 Å². The van der Waals surface area contributed by atoms with Crippen LogP contribution in [0.1, 0.15) is 22.3 Å². The minimum Gasteiger partial charge on any atom is -0.510 e. The van der Waals surface area contributed by atoms with E-state index in [1.807, 2.05) is 0 Å². The maximum atomic E-state index is 13.9. The fourth-order valence-corrected chi connectivity index (χ4v) is 7.02. The van der Waals surface area contributed by atoms with Gasteiger partial charge in [0.2, 0.25) is 15.8 Å². The van der Waals surface area contributed by atoms with Crippen molar-refractivity contribution in [2.45, 2.75) is 24.5 Å². The summed E-state index contributed by atoms with van der Waals surface area (Å²) in [6, 6.07) is 8.27. The second-order valence-electron chi connectivity index (χ2n) is 10.9. The lowest BCUT2D eigenvalue weighted by Gasteiger charge is -2.50. The maximum Gasteiger partial charge on any atom is 0.255 e. The van der Waals surface area contributed by atoms with Gasteiger partial charge in [0.1, 0.15) is 22.8 Å². The summed E-state index contributed by atoms with van der Waals surface area (Å²) in [5, 5.41) is 44.7. The van der Waals surface area contributed by atoms with Crippen molar-refractivity contribution in [2.24, 2.45) is 17.6 Å². The Kier molecular flexibility index (Phi) is 6.52. The van der Waals surface area contributed by atoms with Crippen LogP contribution in [0.2, 0.25) is 0 Å². The van der Waals surface area contributed by atoms with Crippen molar-refractivity contribution in [3.05, 3.63) is 70.2 Å². The number of aliphatic hydroxyl groups excluding tert-OH is 2. The second kappa shape index (κ2) is 9.43. The SMILES string of the molecule is CN(C)C1C(O)=C(C(N)=O)C(=O)C2(O)C(O)=C3C(=O)c4c(O)ccc(-c5ccc(NS(C)(=O)=O)cc5)c4CC3CC12. The van der Waals surface area contributed by atoms with E-state index in [2.05, 4.69) is 4.72 Å². The largest absolute Gasteiger partial charge is 0.510 e. The highest BCUT2D eigenvalue weighted by Gasteiger charge is 2.63. The monoisotopic (exact) mass is 583 g/mol. The molecule has 4 atom stereocenters. The fourth-order valence-electron chi connectivity index (χ4n) is 6.45. The summed E-state index contributed by atoms with van der Waals surface area (Å²) >= 11 is 0. The Balaban J connectivity index is 1.66. The van der Waals surface area contributed by atoms with Gasteiger partial charge in [0.15, 0.2) is 11.4 Å². The summed E-state index contributed by atoms with van der Waals surface area (Å²) in [5.74, 6) is -7.15. The third-order valence-corrected chi connectivity index (χ3v) is 8.71. The predicted molar refractivity (Wildman–Crippen MR) is 148 cm³/mol. The second-order valence-corrected chi connectivity index (χ2v) is 12.6. The number of Topliss-reactive ketones (excluding diaryl/α,β-unsaturated/α-hetero) is 2. The standard InChI is InChI=1S/C28H29N3O9S/c1-31(2)22-17-11-13-10-16-15(12-4-6-14(7-5-12)30-41(3,39)40)8-9-18(32)20(16)23(33)19(13)25(35)28(17,38)26(36)21(24(22)34)27(29)37/h4-9,13,17,22,30,32,34-35,38H,10-11H2,1-3H3,(H2,29,37). The summed E-state index contributed by atoms with van der Waals surface area (Å²) in [6.07, 6.45) is 1.12. The summed E-state index contributed by atoms with van der Waals surface area (Å²) in [4.78, 5) is 40.8. The van der Waals surface area contributed by atoms with Crippen molar-refractivity contribution < 1.29 is 43.2 Å². The third-order valence-electron chi connectivity index (χ3n) is 8.11. The number of carbonyl (C=O) groups excluding carboxylic acids is 3. The summed E-state index contributed by atoms with van der Waals surface area (Å²) in [5.41, 5.74) is 3.43. The third kappa shape index (κ3) is 4.28. The molecule has 5 rings (SSSR count). The lowest BCUT2D eigenvalue weighted by molar-refractivity contribution is -0.148. The molecule has 0 bridgehead atoms. The van der Waals surface area contributed by atoms with Crippen LogP contribution < -0.4 is 10.5 Å². The Morgan fingerprint density at radius 1 is 1.07 bits per heavy atom. The van der Waals surface area contributed by atoms with Crippen molar-refractivity contribution in [1.29, 1.82) is 0 Å². The first kappa shape index (κ1) is 28.3. The number of carbonyl (C=O) groups is 3. The number of aromatic hydroxyl groups is 1. The normalized spacial score (nSPS) is 26.0. The van der Waals surface area contributed by atoms with E-state index in [0.717, 1.165) is 6.26 Å². The van der Waals surface area contributed by atoms with Crippen molar-refractivity contribution >= 4 is 33.2 Å². The highest BCUT2D eigenvalue weighted by molar-refractivity contribution is 7.92. The number of aliphatic hydroxyl groups is 3. The molecule has 0 saturated heterocycles. The first-order valence-corrected chi connectivity index (χ1v) is 14.5. The van der Waals surface area contributed by atoms with Gasteiger partial charge in [-0.1, -0.05) is 18.2 Å². The molecule has 0 radical (unpaired) electrons. The van der Waals surface area contributed by atoms with Crippen LogP contribution in [-0.2, 0) is 26.0 Å². The number of hydrogen-bond donors (Lipinski definition) is 6. The van der Waals surface area contributed by atoms with Gasteiger partial charge in [0, 0.05) is 17.2 Å². The molecule has 3 aliphatic rings. The molecule has 2 aromatic carbocycles. The number of amides is 1. The smallest absolute Gasteiger partial charge is 0.255 e. The minimum atomic E-state index is -3.49. The first-order chi connectivity index (χ1) is 19.1. The van der Waals surface area contributed by atoms with Gasteiger partial charge in [-0.3, -0.25) is 24.0 Å². The van der Waals surface area contributed by atoms with Gasteiger partial charge in [0.25, 0.3) is 5.91 Å². The molecule has 216 valence electrons. The number of rotatable bonds is 5. The van der Waals surface area contributed by atoms with Gasteiger partial charge in [-0.05, 0) is 67.7 Å². The molecule has 1 amide bonds. The Labute approximate surface area is 235 Å². The molecule has 3 aliphatic carbocycles. The zero-order valence-electron chi connectivity index (χ0n) is 22.4. The number of primary amides is 1. The predicted octanol–water partition coefficient (Wildman–Crippen LogP) is 1.16. The maximum absolute atomic E-state index is 13.9. The molecular formula is C28H29N3O9S. The topological polar surface area (TPSA) is 208 Å². The summed E-state index contributed by atoms with van der Waals surface area (Å²) in [7, 11) is -0.371. The lowest BCUT2D eigenvalue weighted by atomic mass is 9.58. The van der Waals surface area contributed by atoms with E-state index in [9.17, 15) is 43.2 Å². The molecule has 2 aromatic rings. The van der Waals surface area contributed by atoms with Crippen LogP contribution in [-0.4, -0.2) is 83.2 Å². The number of allylic oxidation sites excluding steroid dienone is 1. The Hall–Kier alpha value is -4.20. The van der Waals surface area contributed by atoms with Crippen LogP contribution in [0.4, 0.5) is 5.69 Å². The van der Waals surface area contributed by atoms with E-state index >= 15 is 0 Å². The van der Waals surface area contributed by atoms with E-state index < -0.39 is 68.1 Å². The fraction of sp³-hybridized carbons (Fsp3) is 0.321. The Morgan fingerprint density at radius 3 is 2.27 bits per heavy atom. The molecule has 41 heavy (non-hydrogen) atoms. The zero-order valence-corrected chi connectivity index (χ0v) is 23.2. The number of nitrogens with one attached hydrogen (secondary N) is 1. The molecule has 12 nitrogen and oxygen atoms in total. The van der Waals surface area contributed by atoms with E-state index in [0.29, 0.717) is 22.4 Å². The summed E-state index contributed by atoms with van der Waals surface area (Å²) < 4.78 is 25.5. The number of likely N-dealkylation sites (N-methyl/N-ethyl adjacent to an activating group) is 1. The number of sulfonamides is 1. The van der Waals surface area contributed by atoms with Gasteiger partial charge in [-0.2, -0.15) is 0 Å². The molecule has 0 fully saturated rings. The molecule has 13 heteroatoms. The van der Waals surface area contributed by atoms with E-state index in [-0.39, 0.29) is 29.7 Å². The first-order valence-electron chi connectivity index (χ1n) is 12.7. The van der Waals surface area contributed by atoms with Crippen LogP contribution >= 0.6 is 0 Å². The van der Waals surface area contributed by atoms with Gasteiger partial charge in [-0.25, -0.2) is 8.42 Å². The highest BCUT2D eigenvalue weighted by Crippen LogP contribution is 2.53. The number of phenols is 1. The number of anilines is 1. The lowest BCUT2D eigenvalue weighted by Crippen LogP contribution is -2.63. The summed E-state index contributed by atoms with van der Waals surface area (Å²) in [6.45, 7) is 0. The molecule has 0 spiro atoms. The number of nitrogens with zero attached hydrogens (tertiary/aromatic N) is 1. The number of hydrogen-bond acceptors (Lipinski definition) is 10. The molecule has 4 unspecified atom stereocenters. The number of phenolic OH excluding ortho intramolecular Hbond substituents is 1. The highest BCUT2D eigenvalue weighted by atomic mass is 32.2. The van der Waals surface area contributed by atoms with Crippen LogP contribution in [0.5, 0.6) is 5.75 Å². The minimum absolute atomic E-state index is 0.0297. The van der Waals surface area contributed by atoms with Gasteiger partial charge >= 0.3 is 0 Å². The molecule has 0 heterocycles. The number of fused-ring (bicyclic) bond motifs is 3. The van der Waals surface area contributed by atoms with Crippen molar-refractivity contribution in [3.63, 3.8) is 0 Å². The van der Waals surface area contributed by atoms with Crippen LogP contribution in [0, 0.1) is 11.8 Å². The number of ketones is 2. The van der Waals surface area contributed by atoms with Crippen molar-refractivity contribution in [3.8, 4) is 16.9 Å². The number of nitrogens with two attached hydrogens (primary N) is 1. The average Bonchev–Trinajstić information content (AvgIpc) is 2.85. The van der Waals surface area contributed by atoms with Crippen molar-refractivity contribution in [2.75, 3.05) is 25.1 Å². The van der Waals surface area contributed by atoms with E-state index in [4.69, 9.17) is 5.73 Å². The average molecular weight is 584 g/mol. The molecule has 7 N–H and O–H groups in total. The van der Waals surface area contributed by atoms with Crippen LogP contribution in [0.15, 0.2) is 59.1 Å². The molecule has 0 aromatic heterocycles. The zero-order chi connectivity index (χ0) is 30.2. The molecule has 0 aliphatic heterocycles. The Bertz CT molecular complexity index is 1690. The van der Waals surface area contributed by atoms with Crippen molar-refractivity contribution in [1.82, 2.24) is 4.90 Å². The van der Waals surface area contributed by atoms with Crippen LogP contribution in [0.25, 0.3) is 11.1 Å². The van der Waals surface area contributed by atoms with Crippen LogP contribution in [0.3, 0.4) is 0 Å². The Morgan fingerprint density at radius 2 is 1.71 bits per heavy atom. The number of benzene rings is 2.